The van der Waals surface area contributed by atoms with Crippen molar-refractivity contribution in [1.29, 1.82) is 0 Å². The molecule has 1 heterocycles. The summed E-state index contributed by atoms with van der Waals surface area (Å²) in [6.45, 7) is 1.57. The fourth-order valence-electron chi connectivity index (χ4n) is 4.02. The molecule has 2 amide bonds. The third-order valence-electron chi connectivity index (χ3n) is 7.90. The van der Waals surface area contributed by atoms with Gasteiger partial charge in [-0.3, -0.25) is 52.0 Å². The molecule has 0 radical (unpaired) electrons. The highest BCUT2D eigenvalue weighted by Crippen LogP contribution is 2.13. The summed E-state index contributed by atoms with van der Waals surface area (Å²) in [5.41, 5.74) is 0. The minimum absolute atomic E-state index is 0.000784. The van der Waals surface area contributed by atoms with Crippen molar-refractivity contribution in [3.8, 4) is 0 Å². The van der Waals surface area contributed by atoms with E-state index in [4.69, 9.17) is 28.6 Å². The molecule has 0 aromatic rings. The van der Waals surface area contributed by atoms with E-state index in [2.05, 4.69) is 55.7 Å². The number of aliphatic hydroxyl groups excluding tert-OH is 1. The molecule has 6 atom stereocenters. The van der Waals surface area contributed by atoms with Crippen LogP contribution in [0.3, 0.4) is 0 Å². The Morgan fingerprint density at radius 1 is 0.542 bits per heavy atom. The van der Waals surface area contributed by atoms with Gasteiger partial charge in [-0.25, -0.2) is 4.79 Å². The summed E-state index contributed by atoms with van der Waals surface area (Å²) in [5, 5.41) is 32.1. The topological polar surface area (TPSA) is 488 Å². The highest BCUT2D eigenvalue weighted by atomic mass is 32.2. The second kappa shape index (κ2) is 41.8. The van der Waals surface area contributed by atoms with Crippen LogP contribution in [0.4, 0.5) is 0 Å². The number of hydrogen-bond acceptors (Lipinski definition) is 29. The fraction of sp³-hybridized carbons (Fsp3) is 0.743. The number of nitrogens with one attached hydrogen (secondary N) is 6. The third kappa shape index (κ3) is 40.9. The number of carboxylic acids is 1. The maximum Gasteiger partial charge on any atom is 0.351 e. The zero-order valence-corrected chi connectivity index (χ0v) is 44.8. The Bertz CT molecular complexity index is 1990. The average molecular weight is 1130 g/mol. The lowest BCUT2D eigenvalue weighted by Gasteiger charge is -2.17. The first kappa shape index (κ1) is 76.3. The molecule has 1 rings (SSSR count). The number of hydroxylamine groups is 2. The SMILES string of the molecule is CN[C@@H](CO)C(=O)OC.CN[C@@H](COC)C(=O)OC.CN[C@@H](CS(=O)(=O)O)C(=O)O.CN[C@@H](CS(=O)(=O)O)C(=O)OC.CN[C@@H](CS(=O)(=O)O)C(=O)ON1C(=O)CCC1=O.CN[C@@H](CSC(C)=O)C(=O)OC. The number of likely N-dealkylation sites (N-methyl/N-ethyl adjacent to an activating group) is 6. The van der Waals surface area contributed by atoms with Gasteiger partial charge in [-0.15, -0.1) is 5.06 Å². The number of carboxylic acid groups (broad SMARTS) is 1. The van der Waals surface area contributed by atoms with Gasteiger partial charge in [0.15, 0.2) is 5.12 Å². The van der Waals surface area contributed by atoms with Crippen molar-refractivity contribution in [2.75, 3.05) is 114 Å². The van der Waals surface area contributed by atoms with Crippen LogP contribution < -0.4 is 31.9 Å². The standard InChI is InChI=1S/C8H12N2O7S.C7H13NO3S.C6H13NO3.C5H11NO5S.C5H11NO3.C4H9NO5S/c1-9-5(4-18(14,15)16)8(13)17-10-6(11)2-3-7(10)12;1-5(9)12-4-6(8-2)7(10)11-3;1-7-5(4-9-2)6(8)10-3;1-6-4(5(7)11-2)3-12(8,9)10;1-6-4(3-7)5(8)9-2;1-5-3(4(6)7)2-11(8,9)10/h5,9H,2-4H2,1H3,(H,14,15,16);6,8H,4H2,1-3H3;5,7H,4H2,1-3H3;4,6H,3H2,1-2H3,(H,8,9,10);4,6-7H,3H2,1-2H3;3,5H,2H2,1H3,(H,6,7)(H,8,9,10)/t5-;6-;5-;2*4-;3-/m000000/s1. The number of rotatable bonds is 24. The minimum Gasteiger partial charge on any atom is -0.480 e. The molecule has 0 spiro atoms. The Kier molecular flexibility index (Phi) is 44.3. The predicted octanol–water partition coefficient (Wildman–Crippen LogP) is -6.59. The van der Waals surface area contributed by atoms with E-state index in [1.807, 2.05) is 0 Å². The summed E-state index contributed by atoms with van der Waals surface area (Å²) in [5.74, 6) is -7.62. The van der Waals surface area contributed by atoms with Crippen molar-refractivity contribution < 1.29 is 121 Å². The molecule has 0 aromatic carbocycles. The summed E-state index contributed by atoms with van der Waals surface area (Å²) < 4.78 is 110. The Hall–Kier alpha value is -4.61. The minimum atomic E-state index is -4.39. The molecule has 0 unspecified atom stereocenters. The Labute approximate surface area is 421 Å². The fourth-order valence-corrected chi connectivity index (χ4v) is 6.90. The summed E-state index contributed by atoms with van der Waals surface area (Å²) in [4.78, 5) is 102. The largest absolute Gasteiger partial charge is 0.480 e. The molecule has 424 valence electrons. The molecule has 72 heavy (non-hydrogen) atoms. The number of imide groups is 1. The first-order valence-corrected chi connectivity index (χ1v) is 25.7. The Morgan fingerprint density at radius 3 is 1.10 bits per heavy atom. The second-order valence-electron chi connectivity index (χ2n) is 13.2. The van der Waals surface area contributed by atoms with Gasteiger partial charge >= 0.3 is 35.8 Å². The van der Waals surface area contributed by atoms with E-state index in [9.17, 15) is 68.4 Å². The van der Waals surface area contributed by atoms with Crippen molar-refractivity contribution in [3.63, 3.8) is 0 Å². The quantitative estimate of drug-likeness (QED) is 0.0185. The van der Waals surface area contributed by atoms with E-state index < -0.39 is 114 Å². The van der Waals surface area contributed by atoms with Crippen molar-refractivity contribution in [2.45, 2.75) is 56.0 Å². The first-order chi connectivity index (χ1) is 33.1. The van der Waals surface area contributed by atoms with Crippen molar-refractivity contribution in [3.05, 3.63) is 0 Å². The lowest BCUT2D eigenvalue weighted by Crippen LogP contribution is -2.45. The summed E-state index contributed by atoms with van der Waals surface area (Å²) in [6, 6.07) is -5.00. The molecule has 1 fully saturated rings. The van der Waals surface area contributed by atoms with Gasteiger partial charge in [0, 0.05) is 32.6 Å². The van der Waals surface area contributed by atoms with Gasteiger partial charge < -0.3 is 70.6 Å². The number of esters is 4. The monoisotopic (exact) mass is 1130 g/mol. The van der Waals surface area contributed by atoms with Crippen molar-refractivity contribution in [1.82, 2.24) is 37.0 Å². The van der Waals surface area contributed by atoms with Crippen molar-refractivity contribution in [2.24, 2.45) is 0 Å². The summed E-state index contributed by atoms with van der Waals surface area (Å²) >= 11 is 1.11. The molecular formula is C35H69N7O26S4. The van der Waals surface area contributed by atoms with Crippen LogP contribution in [-0.2, 0) is 102 Å². The van der Waals surface area contributed by atoms with Crippen LogP contribution in [0.15, 0.2) is 0 Å². The normalized spacial score (nSPS) is 14.4. The summed E-state index contributed by atoms with van der Waals surface area (Å²) in [7, 11) is 2.73. The number of carbonyl (C=O) groups is 9. The van der Waals surface area contributed by atoms with Gasteiger partial charge in [-0.2, -0.15) is 25.3 Å². The van der Waals surface area contributed by atoms with Gasteiger partial charge in [-0.1, -0.05) is 11.8 Å². The van der Waals surface area contributed by atoms with E-state index in [0.29, 0.717) is 17.4 Å². The number of aliphatic carboxylic acids is 1. The smallest absolute Gasteiger partial charge is 0.351 e. The van der Waals surface area contributed by atoms with E-state index >= 15 is 0 Å². The molecule has 11 N–H and O–H groups in total. The molecule has 33 nitrogen and oxygen atoms in total. The van der Waals surface area contributed by atoms with Gasteiger partial charge in [0.2, 0.25) is 0 Å². The molecular weight excluding hydrogens is 1060 g/mol. The number of hydrogen-bond donors (Lipinski definition) is 11. The number of amides is 2. The number of aliphatic hydroxyl groups is 1. The van der Waals surface area contributed by atoms with Crippen LogP contribution in [0, 0.1) is 0 Å². The molecule has 1 saturated heterocycles. The molecule has 1 aliphatic rings. The molecule has 0 bridgehead atoms. The van der Waals surface area contributed by atoms with E-state index in [0.717, 1.165) is 18.9 Å². The second-order valence-corrected chi connectivity index (χ2v) is 18.8. The third-order valence-corrected chi connectivity index (χ3v) is 11.1. The first-order valence-electron chi connectivity index (χ1n) is 19.9. The van der Waals surface area contributed by atoms with Crippen molar-refractivity contribution >= 4 is 94.9 Å². The van der Waals surface area contributed by atoms with Gasteiger partial charge in [0.1, 0.15) is 53.5 Å². The maximum atomic E-state index is 11.5. The van der Waals surface area contributed by atoms with Crippen LogP contribution in [-0.4, -0.2) is 257 Å². The highest BCUT2D eigenvalue weighted by molar-refractivity contribution is 8.13. The van der Waals surface area contributed by atoms with Gasteiger partial charge in [0.25, 0.3) is 42.2 Å². The molecule has 0 saturated carbocycles. The van der Waals surface area contributed by atoms with Crippen LogP contribution in [0.2, 0.25) is 0 Å². The number of carbonyl (C=O) groups excluding carboxylic acids is 8. The lowest BCUT2D eigenvalue weighted by molar-refractivity contribution is -0.198. The van der Waals surface area contributed by atoms with E-state index in [-0.39, 0.29) is 42.5 Å². The van der Waals surface area contributed by atoms with Crippen LogP contribution in [0.1, 0.15) is 19.8 Å². The molecule has 0 aromatic heterocycles. The highest BCUT2D eigenvalue weighted by Gasteiger charge is 2.35. The molecule has 0 aliphatic carbocycles. The maximum absolute atomic E-state index is 11.5. The Morgan fingerprint density at radius 2 is 0.847 bits per heavy atom. The number of methoxy groups -OCH3 is 5. The van der Waals surface area contributed by atoms with Crippen LogP contribution in [0.5, 0.6) is 0 Å². The number of thioether (sulfide) groups is 1. The predicted molar refractivity (Wildman–Crippen MR) is 251 cm³/mol. The zero-order chi connectivity index (χ0) is 57.6. The molecule has 1 aliphatic heterocycles. The number of nitrogens with zero attached hydrogens (tertiary/aromatic N) is 1. The van der Waals surface area contributed by atoms with Gasteiger partial charge in [0.05, 0.1) is 41.7 Å². The summed E-state index contributed by atoms with van der Waals surface area (Å²) in [6.07, 6.45) is -0.122. The average Bonchev–Trinajstić information content (AvgIpc) is 3.62. The van der Waals surface area contributed by atoms with E-state index in [1.54, 1.807) is 21.1 Å². The van der Waals surface area contributed by atoms with Crippen LogP contribution in [0.25, 0.3) is 0 Å². The number of ether oxygens (including phenoxy) is 5. The lowest BCUT2D eigenvalue weighted by atomic mass is 10.3. The van der Waals surface area contributed by atoms with Crippen LogP contribution >= 0.6 is 11.8 Å². The Balaban J connectivity index is -0.000000254. The molecule has 37 heteroatoms. The van der Waals surface area contributed by atoms with Gasteiger partial charge in [-0.05, 0) is 42.3 Å². The van der Waals surface area contributed by atoms with E-state index in [1.165, 1.54) is 56.5 Å². The zero-order valence-electron chi connectivity index (χ0n) is 41.5.